The molecule has 0 aliphatic heterocycles. The van der Waals surface area contributed by atoms with Crippen LogP contribution >= 0.6 is 23.2 Å². The van der Waals surface area contributed by atoms with Crippen molar-refractivity contribution in [2.24, 2.45) is 5.73 Å². The summed E-state index contributed by atoms with van der Waals surface area (Å²) in [5.74, 6) is 0. The van der Waals surface area contributed by atoms with Gasteiger partial charge in [-0.15, -0.1) is 0 Å². The predicted molar refractivity (Wildman–Crippen MR) is 63.4 cm³/mol. The Morgan fingerprint density at radius 1 is 1.18 bits per heavy atom. The first-order valence-corrected chi connectivity index (χ1v) is 5.80. The normalized spacial score (nSPS) is 13.8. The highest BCUT2D eigenvalue weighted by Crippen LogP contribution is 2.25. The van der Waals surface area contributed by atoms with Crippen LogP contribution in [-0.2, 0) is 6.42 Å². The minimum absolute atomic E-state index is 0.0935. The molecule has 0 heterocycles. The van der Waals surface area contributed by atoms with Gasteiger partial charge in [0, 0.05) is 12.5 Å². The fourth-order valence-corrected chi connectivity index (χ4v) is 1.74. The number of alkyl halides is 3. The summed E-state index contributed by atoms with van der Waals surface area (Å²) in [4.78, 5) is 0. The van der Waals surface area contributed by atoms with Gasteiger partial charge >= 0.3 is 6.18 Å². The molecule has 1 atom stereocenters. The third-order valence-corrected chi connectivity index (χ3v) is 3.02. The van der Waals surface area contributed by atoms with Crippen LogP contribution in [-0.4, -0.2) is 12.2 Å². The maximum Gasteiger partial charge on any atom is 0.389 e. The highest BCUT2D eigenvalue weighted by molar-refractivity contribution is 6.42. The van der Waals surface area contributed by atoms with Crippen LogP contribution in [0, 0.1) is 0 Å². The Hall–Kier alpha value is -0.450. The summed E-state index contributed by atoms with van der Waals surface area (Å²) < 4.78 is 35.9. The van der Waals surface area contributed by atoms with Gasteiger partial charge in [-0.3, -0.25) is 0 Å². The summed E-state index contributed by atoms with van der Waals surface area (Å²) in [7, 11) is 0. The van der Waals surface area contributed by atoms with Gasteiger partial charge in [-0.1, -0.05) is 29.3 Å². The molecule has 1 nitrogen and oxygen atoms in total. The maximum absolute atomic E-state index is 12.0. The maximum atomic E-state index is 12.0. The van der Waals surface area contributed by atoms with Crippen molar-refractivity contribution in [3.8, 4) is 0 Å². The highest BCUT2D eigenvalue weighted by Gasteiger charge is 2.27. The average Bonchev–Trinajstić information content (AvgIpc) is 2.20. The first kappa shape index (κ1) is 14.6. The second kappa shape index (κ2) is 5.94. The Morgan fingerprint density at radius 3 is 2.35 bits per heavy atom. The molecule has 6 heteroatoms. The van der Waals surface area contributed by atoms with E-state index in [9.17, 15) is 13.2 Å². The Balaban J connectivity index is 2.50. The molecule has 0 aliphatic carbocycles. The number of nitrogens with two attached hydrogens (primary N) is 1. The number of rotatable bonds is 4. The second-order valence-corrected chi connectivity index (χ2v) is 4.68. The van der Waals surface area contributed by atoms with Crippen LogP contribution in [0.3, 0.4) is 0 Å². The number of hydrogen-bond donors (Lipinski definition) is 1. The molecule has 0 fully saturated rings. The van der Waals surface area contributed by atoms with Crippen LogP contribution in [0.4, 0.5) is 13.2 Å². The Bertz CT molecular complexity index is 379. The number of benzene rings is 1. The fraction of sp³-hybridized carbons (Fsp3) is 0.455. The van der Waals surface area contributed by atoms with Crippen LogP contribution in [0.1, 0.15) is 18.4 Å². The van der Waals surface area contributed by atoms with Crippen molar-refractivity contribution >= 4 is 23.2 Å². The van der Waals surface area contributed by atoms with E-state index < -0.39 is 18.6 Å². The third kappa shape index (κ3) is 5.61. The smallest absolute Gasteiger partial charge is 0.327 e. The van der Waals surface area contributed by atoms with E-state index in [1.165, 1.54) is 0 Å². The minimum Gasteiger partial charge on any atom is -0.327 e. The lowest BCUT2D eigenvalue weighted by Gasteiger charge is -2.13. The molecule has 96 valence electrons. The molecule has 0 saturated heterocycles. The fourth-order valence-electron chi connectivity index (χ4n) is 1.42. The van der Waals surface area contributed by atoms with Crippen molar-refractivity contribution in [2.75, 3.05) is 0 Å². The van der Waals surface area contributed by atoms with Gasteiger partial charge in [-0.2, -0.15) is 13.2 Å². The van der Waals surface area contributed by atoms with Gasteiger partial charge in [0.05, 0.1) is 10.0 Å². The largest absolute Gasteiger partial charge is 0.389 e. The van der Waals surface area contributed by atoms with Gasteiger partial charge in [0.2, 0.25) is 0 Å². The highest BCUT2D eigenvalue weighted by atomic mass is 35.5. The lowest BCUT2D eigenvalue weighted by atomic mass is 10.0. The van der Waals surface area contributed by atoms with E-state index in [0.717, 1.165) is 5.56 Å². The second-order valence-electron chi connectivity index (χ2n) is 3.87. The van der Waals surface area contributed by atoms with E-state index in [4.69, 9.17) is 28.9 Å². The van der Waals surface area contributed by atoms with E-state index in [0.29, 0.717) is 16.5 Å². The van der Waals surface area contributed by atoms with Crippen molar-refractivity contribution in [1.82, 2.24) is 0 Å². The molecule has 0 aliphatic rings. The molecule has 0 radical (unpaired) electrons. The lowest BCUT2D eigenvalue weighted by Crippen LogP contribution is -2.25. The zero-order valence-corrected chi connectivity index (χ0v) is 10.4. The van der Waals surface area contributed by atoms with E-state index in [-0.39, 0.29) is 6.42 Å². The summed E-state index contributed by atoms with van der Waals surface area (Å²) >= 11 is 11.5. The Labute approximate surface area is 108 Å². The van der Waals surface area contributed by atoms with Gasteiger partial charge < -0.3 is 5.73 Å². The molecule has 0 bridgehead atoms. The first-order valence-electron chi connectivity index (χ1n) is 5.04. The molecule has 1 aromatic carbocycles. The standard InChI is InChI=1S/C11H12Cl2F3N/c12-9-2-1-7(6-10(9)13)5-8(17)3-4-11(14,15)16/h1-2,6,8H,3-5,17H2. The molecular weight excluding hydrogens is 274 g/mol. The average molecular weight is 286 g/mol. The lowest BCUT2D eigenvalue weighted by molar-refractivity contribution is -0.136. The number of hydrogen-bond acceptors (Lipinski definition) is 1. The topological polar surface area (TPSA) is 26.0 Å². The van der Waals surface area contributed by atoms with Crippen molar-refractivity contribution in [1.29, 1.82) is 0 Å². The van der Waals surface area contributed by atoms with Crippen LogP contribution < -0.4 is 5.73 Å². The summed E-state index contributed by atoms with van der Waals surface area (Å²) in [6, 6.07) is 4.41. The van der Waals surface area contributed by atoms with E-state index >= 15 is 0 Å². The zero-order chi connectivity index (χ0) is 13.1. The molecule has 0 saturated carbocycles. The van der Waals surface area contributed by atoms with Crippen LogP contribution in [0.2, 0.25) is 10.0 Å². The Kier molecular flexibility index (Phi) is 5.10. The van der Waals surface area contributed by atoms with Crippen molar-refractivity contribution in [2.45, 2.75) is 31.5 Å². The van der Waals surface area contributed by atoms with Crippen molar-refractivity contribution in [3.05, 3.63) is 33.8 Å². The van der Waals surface area contributed by atoms with Gasteiger partial charge in [-0.25, -0.2) is 0 Å². The quantitative estimate of drug-likeness (QED) is 0.881. The Morgan fingerprint density at radius 2 is 1.82 bits per heavy atom. The molecule has 17 heavy (non-hydrogen) atoms. The summed E-state index contributed by atoms with van der Waals surface area (Å²) in [6.45, 7) is 0. The predicted octanol–water partition coefficient (Wildman–Crippen LogP) is 4.21. The van der Waals surface area contributed by atoms with E-state index in [2.05, 4.69) is 0 Å². The van der Waals surface area contributed by atoms with Gasteiger partial charge in [0.1, 0.15) is 0 Å². The van der Waals surface area contributed by atoms with Crippen LogP contribution in [0.5, 0.6) is 0 Å². The monoisotopic (exact) mass is 285 g/mol. The van der Waals surface area contributed by atoms with E-state index in [1.807, 2.05) is 0 Å². The molecule has 1 aromatic rings. The molecule has 0 spiro atoms. The molecule has 0 amide bonds. The van der Waals surface area contributed by atoms with Crippen LogP contribution in [0.25, 0.3) is 0 Å². The third-order valence-electron chi connectivity index (χ3n) is 2.28. The first-order chi connectivity index (χ1) is 7.78. The molecule has 2 N–H and O–H groups in total. The SMILES string of the molecule is NC(CCC(F)(F)F)Cc1ccc(Cl)c(Cl)c1. The summed E-state index contributed by atoms with van der Waals surface area (Å²) in [5.41, 5.74) is 6.41. The van der Waals surface area contributed by atoms with Gasteiger partial charge in [-0.05, 0) is 30.5 Å². The summed E-state index contributed by atoms with van der Waals surface area (Å²) in [6.07, 6.45) is -4.76. The van der Waals surface area contributed by atoms with Gasteiger partial charge in [0.25, 0.3) is 0 Å². The minimum atomic E-state index is -4.16. The molecular formula is C11H12Cl2F3N. The van der Waals surface area contributed by atoms with Gasteiger partial charge in [0.15, 0.2) is 0 Å². The van der Waals surface area contributed by atoms with E-state index in [1.54, 1.807) is 18.2 Å². The molecule has 0 aromatic heterocycles. The number of halogens is 5. The van der Waals surface area contributed by atoms with Crippen molar-refractivity contribution in [3.63, 3.8) is 0 Å². The summed E-state index contributed by atoms with van der Waals surface area (Å²) in [5, 5.41) is 0.798. The molecule has 1 unspecified atom stereocenters. The van der Waals surface area contributed by atoms with Crippen LogP contribution in [0.15, 0.2) is 18.2 Å². The molecule has 1 rings (SSSR count). The van der Waals surface area contributed by atoms with Crippen molar-refractivity contribution < 1.29 is 13.2 Å². The zero-order valence-electron chi connectivity index (χ0n) is 8.90.